The van der Waals surface area contributed by atoms with Crippen molar-refractivity contribution in [3.05, 3.63) is 29.8 Å². The van der Waals surface area contributed by atoms with Crippen LogP contribution in [0.4, 0.5) is 0 Å². The van der Waals surface area contributed by atoms with E-state index in [-0.39, 0.29) is 11.9 Å². The predicted molar refractivity (Wildman–Crippen MR) is 81.3 cm³/mol. The molecule has 2 aliphatic rings. The van der Waals surface area contributed by atoms with Gasteiger partial charge in [-0.05, 0) is 44.1 Å². The van der Waals surface area contributed by atoms with Crippen LogP contribution < -0.4 is 0 Å². The van der Waals surface area contributed by atoms with E-state index in [2.05, 4.69) is 4.90 Å². The molecule has 2 unspecified atom stereocenters. The van der Waals surface area contributed by atoms with E-state index in [1.54, 1.807) is 11.8 Å². The lowest BCUT2D eigenvalue weighted by atomic mass is 9.99. The first-order valence-corrected chi connectivity index (χ1v) is 8.51. The van der Waals surface area contributed by atoms with Crippen molar-refractivity contribution in [1.29, 1.82) is 0 Å². The van der Waals surface area contributed by atoms with E-state index in [0.29, 0.717) is 18.6 Å². The highest BCUT2D eigenvalue weighted by Gasteiger charge is 2.40. The Hall–Kier alpha value is -0.840. The molecule has 4 heteroatoms. The zero-order valence-corrected chi connectivity index (χ0v) is 12.6. The number of carbonyl (C=O) groups excluding carboxylic acids is 1. The molecule has 0 aromatic heterocycles. The van der Waals surface area contributed by atoms with E-state index in [1.807, 2.05) is 30.5 Å². The summed E-state index contributed by atoms with van der Waals surface area (Å²) in [5, 5.41) is 9.80. The Morgan fingerprint density at radius 2 is 1.85 bits per heavy atom. The first kappa shape index (κ1) is 14.1. The number of nitrogens with zero attached hydrogens (tertiary/aromatic N) is 1. The van der Waals surface area contributed by atoms with E-state index < -0.39 is 0 Å². The number of ketones is 1. The molecular weight excluding hydrogens is 270 g/mol. The van der Waals surface area contributed by atoms with Gasteiger partial charge in [0.2, 0.25) is 0 Å². The van der Waals surface area contributed by atoms with Gasteiger partial charge >= 0.3 is 0 Å². The number of carbonyl (C=O) groups is 1. The van der Waals surface area contributed by atoms with Crippen LogP contribution in [0.1, 0.15) is 36.0 Å². The van der Waals surface area contributed by atoms with Gasteiger partial charge in [-0.2, -0.15) is 0 Å². The first-order chi connectivity index (χ1) is 9.67. The Labute approximate surface area is 124 Å². The average molecular weight is 291 g/mol. The summed E-state index contributed by atoms with van der Waals surface area (Å²) in [5.41, 5.74) is 0.799. The smallest absolute Gasteiger partial charge is 0.176 e. The maximum atomic E-state index is 12.4. The fourth-order valence-corrected chi connectivity index (χ4v) is 3.95. The molecule has 0 radical (unpaired) electrons. The largest absolute Gasteiger partial charge is 0.393 e. The highest BCUT2D eigenvalue weighted by Crippen LogP contribution is 2.35. The maximum absolute atomic E-state index is 12.4. The van der Waals surface area contributed by atoms with Crippen LogP contribution in [0.15, 0.2) is 29.2 Å². The zero-order chi connectivity index (χ0) is 14.1. The number of aliphatic hydroxyl groups is 1. The Bertz CT molecular complexity index is 474. The van der Waals surface area contributed by atoms with Crippen LogP contribution in [0.5, 0.6) is 0 Å². The van der Waals surface area contributed by atoms with E-state index in [4.69, 9.17) is 0 Å². The van der Waals surface area contributed by atoms with Crippen LogP contribution in [0.2, 0.25) is 0 Å². The molecule has 0 spiro atoms. The molecule has 0 amide bonds. The fraction of sp³-hybridized carbons (Fsp3) is 0.562. The molecule has 0 aliphatic carbocycles. The minimum atomic E-state index is -0.167. The quantitative estimate of drug-likeness (QED) is 0.684. The monoisotopic (exact) mass is 291 g/mol. The molecule has 2 bridgehead atoms. The molecule has 2 aliphatic heterocycles. The number of Topliss-reactive ketones (excluding diaryl/α,β-unsaturated/α-hetero) is 1. The number of hydrogen-bond donors (Lipinski definition) is 1. The van der Waals surface area contributed by atoms with Gasteiger partial charge in [0.15, 0.2) is 5.78 Å². The third kappa shape index (κ3) is 2.78. The van der Waals surface area contributed by atoms with E-state index in [0.717, 1.165) is 31.2 Å². The molecular formula is C16H21NO2S. The van der Waals surface area contributed by atoms with Crippen LogP contribution in [0.3, 0.4) is 0 Å². The summed E-state index contributed by atoms with van der Waals surface area (Å²) in [6, 6.07) is 8.67. The predicted octanol–water partition coefficient (Wildman–Crippen LogP) is 2.58. The first-order valence-electron chi connectivity index (χ1n) is 7.28. The fourth-order valence-electron chi connectivity index (χ4n) is 3.54. The molecule has 108 valence electrons. The standard InChI is InChI=1S/C16H21NO2S/c1-20-15-6-2-11(3-7-15)16(19)10-17-12-4-5-13(17)9-14(18)8-12/h2-3,6-7,12-14,18H,4-5,8-10H2,1H3. The average Bonchev–Trinajstić information content (AvgIpc) is 2.70. The van der Waals surface area contributed by atoms with Gasteiger partial charge in [-0.1, -0.05) is 12.1 Å². The van der Waals surface area contributed by atoms with Crippen molar-refractivity contribution >= 4 is 17.5 Å². The van der Waals surface area contributed by atoms with Gasteiger partial charge < -0.3 is 5.11 Å². The third-order valence-electron chi connectivity index (χ3n) is 4.60. The summed E-state index contributed by atoms with van der Waals surface area (Å²) in [7, 11) is 0. The van der Waals surface area contributed by atoms with E-state index in [1.165, 1.54) is 4.90 Å². The highest BCUT2D eigenvalue weighted by molar-refractivity contribution is 7.98. The summed E-state index contributed by atoms with van der Waals surface area (Å²) in [6.45, 7) is 0.501. The van der Waals surface area contributed by atoms with E-state index in [9.17, 15) is 9.90 Å². The van der Waals surface area contributed by atoms with Crippen molar-refractivity contribution in [2.45, 2.75) is 48.8 Å². The molecule has 0 saturated carbocycles. The molecule has 2 saturated heterocycles. The van der Waals surface area contributed by atoms with Crippen molar-refractivity contribution < 1.29 is 9.90 Å². The Morgan fingerprint density at radius 1 is 1.25 bits per heavy atom. The molecule has 1 N–H and O–H groups in total. The van der Waals surface area contributed by atoms with Gasteiger partial charge in [-0.15, -0.1) is 11.8 Å². The number of aliphatic hydroxyl groups excluding tert-OH is 1. The minimum Gasteiger partial charge on any atom is -0.393 e. The number of hydrogen-bond acceptors (Lipinski definition) is 4. The lowest BCUT2D eigenvalue weighted by Crippen LogP contribution is -2.46. The van der Waals surface area contributed by atoms with Gasteiger partial charge in [-0.25, -0.2) is 0 Å². The number of rotatable bonds is 4. The summed E-state index contributed by atoms with van der Waals surface area (Å²) < 4.78 is 0. The second-order valence-corrected chi connectivity index (χ2v) is 6.71. The van der Waals surface area contributed by atoms with Crippen LogP contribution in [-0.2, 0) is 0 Å². The minimum absolute atomic E-state index is 0.167. The molecule has 2 fully saturated rings. The Kier molecular flexibility index (Phi) is 4.15. The number of benzene rings is 1. The maximum Gasteiger partial charge on any atom is 0.176 e. The number of thioether (sulfide) groups is 1. The van der Waals surface area contributed by atoms with Crippen molar-refractivity contribution in [1.82, 2.24) is 4.90 Å². The Balaban J connectivity index is 1.67. The topological polar surface area (TPSA) is 40.5 Å². The summed E-state index contributed by atoms with van der Waals surface area (Å²) >= 11 is 1.69. The number of piperidine rings is 1. The highest BCUT2D eigenvalue weighted by atomic mass is 32.2. The lowest BCUT2D eigenvalue weighted by Gasteiger charge is -2.36. The lowest BCUT2D eigenvalue weighted by molar-refractivity contribution is 0.0344. The SMILES string of the molecule is CSc1ccc(C(=O)CN2C3CCC2CC(O)C3)cc1. The van der Waals surface area contributed by atoms with Gasteiger partial charge in [0, 0.05) is 22.5 Å². The second-order valence-electron chi connectivity index (χ2n) is 5.83. The Morgan fingerprint density at radius 3 is 2.40 bits per heavy atom. The van der Waals surface area contributed by atoms with Gasteiger partial charge in [0.05, 0.1) is 12.6 Å². The molecule has 2 heterocycles. The summed E-state index contributed by atoms with van der Waals surface area (Å²) in [5.74, 6) is 0.200. The molecule has 3 rings (SSSR count). The molecule has 1 aromatic carbocycles. The van der Waals surface area contributed by atoms with Crippen molar-refractivity contribution in [3.8, 4) is 0 Å². The van der Waals surface area contributed by atoms with Crippen molar-refractivity contribution in [3.63, 3.8) is 0 Å². The summed E-state index contributed by atoms with van der Waals surface area (Å²) in [6.07, 6.45) is 5.78. The van der Waals surface area contributed by atoms with E-state index >= 15 is 0 Å². The molecule has 1 aromatic rings. The van der Waals surface area contributed by atoms with Gasteiger partial charge in [0.25, 0.3) is 0 Å². The second kappa shape index (κ2) is 5.88. The van der Waals surface area contributed by atoms with Crippen LogP contribution in [-0.4, -0.2) is 46.8 Å². The zero-order valence-electron chi connectivity index (χ0n) is 11.8. The van der Waals surface area contributed by atoms with Crippen molar-refractivity contribution in [2.75, 3.05) is 12.8 Å². The van der Waals surface area contributed by atoms with Crippen LogP contribution >= 0.6 is 11.8 Å². The van der Waals surface area contributed by atoms with Crippen LogP contribution in [0.25, 0.3) is 0 Å². The van der Waals surface area contributed by atoms with Crippen LogP contribution in [0, 0.1) is 0 Å². The van der Waals surface area contributed by atoms with Gasteiger partial charge in [-0.3, -0.25) is 9.69 Å². The number of fused-ring (bicyclic) bond motifs is 2. The molecule has 3 nitrogen and oxygen atoms in total. The third-order valence-corrected chi connectivity index (χ3v) is 5.34. The molecule has 20 heavy (non-hydrogen) atoms. The molecule has 2 atom stereocenters. The summed E-state index contributed by atoms with van der Waals surface area (Å²) in [4.78, 5) is 15.9. The van der Waals surface area contributed by atoms with Gasteiger partial charge in [0.1, 0.15) is 0 Å². The van der Waals surface area contributed by atoms with Crippen molar-refractivity contribution in [2.24, 2.45) is 0 Å². The normalized spacial score (nSPS) is 29.6.